The Hall–Kier alpha value is -2.70. The molecule has 0 spiro atoms. The number of benzene rings is 1. The normalized spacial score (nSPS) is 13.6. The summed E-state index contributed by atoms with van der Waals surface area (Å²) < 4.78 is 19.7. The smallest absolute Gasteiger partial charge is 0.325 e. The molecule has 0 atom stereocenters. The first-order chi connectivity index (χ1) is 11.6. The molecule has 0 unspecified atom stereocenters. The molecule has 24 heavy (non-hydrogen) atoms. The Bertz CT molecular complexity index is 755. The first-order valence-corrected chi connectivity index (χ1v) is 7.86. The van der Waals surface area contributed by atoms with Crippen LogP contribution in [0.2, 0.25) is 0 Å². The van der Waals surface area contributed by atoms with Crippen LogP contribution in [-0.2, 0) is 9.53 Å². The minimum atomic E-state index is -0.428. The van der Waals surface area contributed by atoms with Crippen molar-refractivity contribution in [2.24, 2.45) is 0 Å². The van der Waals surface area contributed by atoms with Crippen LogP contribution < -0.4 is 0 Å². The molecule has 1 aliphatic rings. The van der Waals surface area contributed by atoms with Gasteiger partial charge in [0.2, 0.25) is 0 Å². The summed E-state index contributed by atoms with van der Waals surface area (Å²) in [6.45, 7) is 1.92. The second-order valence-corrected chi connectivity index (χ2v) is 5.59. The molecule has 1 aromatic carbocycles. The molecular formula is C17H18FN3O3. The molecule has 0 radical (unpaired) electrons. The number of rotatable bonds is 6. The van der Waals surface area contributed by atoms with Crippen molar-refractivity contribution in [1.82, 2.24) is 14.7 Å². The third kappa shape index (κ3) is 3.61. The summed E-state index contributed by atoms with van der Waals surface area (Å²) in [4.78, 5) is 25.8. The van der Waals surface area contributed by atoms with Crippen LogP contribution in [0.3, 0.4) is 0 Å². The molecule has 1 aliphatic carbocycles. The fourth-order valence-electron chi connectivity index (χ4n) is 2.45. The zero-order valence-corrected chi connectivity index (χ0v) is 13.3. The summed E-state index contributed by atoms with van der Waals surface area (Å²) in [6.07, 6.45) is 3.34. The number of carbonyl (C=O) groups is 2. The Morgan fingerprint density at radius 2 is 2.17 bits per heavy atom. The van der Waals surface area contributed by atoms with Crippen LogP contribution in [0.25, 0.3) is 5.69 Å². The van der Waals surface area contributed by atoms with Crippen molar-refractivity contribution < 1.29 is 18.7 Å². The highest BCUT2D eigenvalue weighted by Gasteiger charge is 2.35. The van der Waals surface area contributed by atoms with Crippen molar-refractivity contribution in [3.63, 3.8) is 0 Å². The number of carbonyl (C=O) groups excluding carboxylic acids is 2. The lowest BCUT2D eigenvalue weighted by atomic mass is 10.3. The Kier molecular flexibility index (Phi) is 4.59. The average molecular weight is 331 g/mol. The van der Waals surface area contributed by atoms with Crippen molar-refractivity contribution in [1.29, 1.82) is 0 Å². The second-order valence-electron chi connectivity index (χ2n) is 5.59. The number of hydrogen-bond acceptors (Lipinski definition) is 4. The van der Waals surface area contributed by atoms with Crippen molar-refractivity contribution in [2.45, 2.75) is 25.8 Å². The largest absolute Gasteiger partial charge is 0.465 e. The highest BCUT2D eigenvalue weighted by Crippen LogP contribution is 2.28. The standard InChI is InChI=1S/C17H18FN3O3/c1-2-24-16(22)11-20(13-6-7-13)17(23)15-8-9-21(19-15)14-5-3-4-12(18)10-14/h3-5,8-10,13H,2,6-7,11H2,1H3. The fraction of sp³-hybridized carbons (Fsp3) is 0.353. The van der Waals surface area contributed by atoms with Crippen LogP contribution in [0.1, 0.15) is 30.3 Å². The molecule has 3 rings (SSSR count). The predicted octanol–water partition coefficient (Wildman–Crippen LogP) is 2.18. The van der Waals surface area contributed by atoms with Gasteiger partial charge in [0.05, 0.1) is 12.3 Å². The summed E-state index contributed by atoms with van der Waals surface area (Å²) in [5.74, 6) is -1.12. The number of hydrogen-bond donors (Lipinski definition) is 0. The zero-order valence-electron chi connectivity index (χ0n) is 13.3. The van der Waals surface area contributed by atoms with E-state index >= 15 is 0 Å². The second kappa shape index (κ2) is 6.82. The number of nitrogens with zero attached hydrogens (tertiary/aromatic N) is 3. The van der Waals surface area contributed by atoms with Crippen LogP contribution in [0.5, 0.6) is 0 Å². The van der Waals surface area contributed by atoms with Gasteiger partial charge in [-0.3, -0.25) is 9.59 Å². The van der Waals surface area contributed by atoms with E-state index in [0.717, 1.165) is 12.8 Å². The molecule has 7 heteroatoms. The predicted molar refractivity (Wildman–Crippen MR) is 84.2 cm³/mol. The summed E-state index contributed by atoms with van der Waals surface area (Å²) in [7, 11) is 0. The van der Waals surface area contributed by atoms with Gasteiger partial charge < -0.3 is 9.64 Å². The van der Waals surface area contributed by atoms with Gasteiger partial charge in [-0.25, -0.2) is 9.07 Å². The number of halogens is 1. The van der Waals surface area contributed by atoms with Gasteiger partial charge in [0, 0.05) is 12.2 Å². The van der Waals surface area contributed by atoms with Crippen LogP contribution in [0, 0.1) is 5.82 Å². The topological polar surface area (TPSA) is 64.4 Å². The van der Waals surface area contributed by atoms with Crippen LogP contribution in [-0.4, -0.2) is 45.8 Å². The third-order valence-electron chi connectivity index (χ3n) is 3.73. The maximum absolute atomic E-state index is 13.3. The van der Waals surface area contributed by atoms with E-state index in [4.69, 9.17) is 4.74 Å². The molecule has 6 nitrogen and oxygen atoms in total. The molecule has 0 saturated heterocycles. The van der Waals surface area contributed by atoms with Crippen LogP contribution >= 0.6 is 0 Å². The Balaban J connectivity index is 1.77. The van der Waals surface area contributed by atoms with E-state index in [1.165, 1.54) is 21.7 Å². The minimum Gasteiger partial charge on any atom is -0.465 e. The van der Waals surface area contributed by atoms with Crippen molar-refractivity contribution in [3.8, 4) is 5.69 Å². The SMILES string of the molecule is CCOC(=O)CN(C(=O)c1ccn(-c2cccc(F)c2)n1)C1CC1. The summed E-state index contributed by atoms with van der Waals surface area (Å²) in [5, 5.41) is 4.21. The van der Waals surface area contributed by atoms with Crippen molar-refractivity contribution in [2.75, 3.05) is 13.2 Å². The summed E-state index contributed by atoms with van der Waals surface area (Å²) >= 11 is 0. The van der Waals surface area contributed by atoms with E-state index in [-0.39, 0.29) is 36.6 Å². The van der Waals surface area contributed by atoms with Crippen molar-refractivity contribution in [3.05, 3.63) is 48.0 Å². The van der Waals surface area contributed by atoms with Gasteiger partial charge >= 0.3 is 5.97 Å². The molecule has 1 saturated carbocycles. The minimum absolute atomic E-state index is 0.0567. The van der Waals surface area contributed by atoms with Gasteiger partial charge in [0.15, 0.2) is 5.69 Å². The van der Waals surface area contributed by atoms with E-state index in [1.54, 1.807) is 31.3 Å². The quantitative estimate of drug-likeness (QED) is 0.761. The highest BCUT2D eigenvalue weighted by atomic mass is 19.1. The van der Waals surface area contributed by atoms with E-state index < -0.39 is 5.97 Å². The zero-order chi connectivity index (χ0) is 17.1. The van der Waals surface area contributed by atoms with Gasteiger partial charge in [0.25, 0.3) is 5.91 Å². The molecular weight excluding hydrogens is 313 g/mol. The first-order valence-electron chi connectivity index (χ1n) is 7.86. The van der Waals surface area contributed by atoms with E-state index in [0.29, 0.717) is 5.69 Å². The van der Waals surface area contributed by atoms with Crippen molar-refractivity contribution >= 4 is 11.9 Å². The molecule has 1 aromatic heterocycles. The van der Waals surface area contributed by atoms with Gasteiger partial charge in [0.1, 0.15) is 12.4 Å². The maximum atomic E-state index is 13.3. The molecule has 126 valence electrons. The molecule has 1 fully saturated rings. The third-order valence-corrected chi connectivity index (χ3v) is 3.73. The summed E-state index contributed by atoms with van der Waals surface area (Å²) in [5.41, 5.74) is 0.743. The van der Waals surface area contributed by atoms with Gasteiger partial charge in [-0.2, -0.15) is 5.10 Å². The van der Waals surface area contributed by atoms with Crippen LogP contribution in [0.15, 0.2) is 36.5 Å². The van der Waals surface area contributed by atoms with E-state index in [2.05, 4.69) is 5.10 Å². The Morgan fingerprint density at radius 3 is 2.83 bits per heavy atom. The number of aromatic nitrogens is 2. The maximum Gasteiger partial charge on any atom is 0.325 e. The molecule has 0 aliphatic heterocycles. The number of esters is 1. The van der Waals surface area contributed by atoms with Crippen LogP contribution in [0.4, 0.5) is 4.39 Å². The Morgan fingerprint density at radius 1 is 1.38 bits per heavy atom. The van der Waals surface area contributed by atoms with Gasteiger partial charge in [-0.15, -0.1) is 0 Å². The monoisotopic (exact) mass is 331 g/mol. The first kappa shape index (κ1) is 16.2. The summed E-state index contributed by atoms with van der Waals surface area (Å²) in [6, 6.07) is 7.56. The molecule has 0 N–H and O–H groups in total. The van der Waals surface area contributed by atoms with Gasteiger partial charge in [-0.05, 0) is 44.0 Å². The van der Waals surface area contributed by atoms with E-state index in [1.807, 2.05) is 0 Å². The highest BCUT2D eigenvalue weighted by molar-refractivity contribution is 5.94. The molecule has 2 aromatic rings. The fourth-order valence-corrected chi connectivity index (χ4v) is 2.45. The van der Waals surface area contributed by atoms with Gasteiger partial charge in [-0.1, -0.05) is 6.07 Å². The lowest BCUT2D eigenvalue weighted by Crippen LogP contribution is -2.38. The lowest BCUT2D eigenvalue weighted by molar-refractivity contribution is -0.144. The number of ether oxygens (including phenoxy) is 1. The Labute approximate surface area is 138 Å². The average Bonchev–Trinajstić information content (AvgIpc) is 3.28. The van der Waals surface area contributed by atoms with E-state index in [9.17, 15) is 14.0 Å². The molecule has 0 bridgehead atoms. The number of amides is 1. The molecule has 1 heterocycles. The molecule has 1 amide bonds. The lowest BCUT2D eigenvalue weighted by Gasteiger charge is -2.20.